The van der Waals surface area contributed by atoms with Crippen LogP contribution in [0, 0.1) is 11.3 Å². The van der Waals surface area contributed by atoms with E-state index in [0.717, 1.165) is 0 Å². The topological polar surface area (TPSA) is 101 Å². The van der Waals surface area contributed by atoms with Crippen molar-refractivity contribution >= 4 is 17.9 Å². The van der Waals surface area contributed by atoms with Gasteiger partial charge in [-0.05, 0) is 25.2 Å². The van der Waals surface area contributed by atoms with Gasteiger partial charge in [-0.15, -0.1) is 0 Å². The van der Waals surface area contributed by atoms with Crippen LogP contribution in [0.2, 0.25) is 0 Å². The highest BCUT2D eigenvalue weighted by Crippen LogP contribution is 2.35. The predicted molar refractivity (Wildman–Crippen MR) is 63.0 cm³/mol. The van der Waals surface area contributed by atoms with Crippen LogP contribution in [0.3, 0.4) is 0 Å². The van der Waals surface area contributed by atoms with Gasteiger partial charge >= 0.3 is 17.9 Å². The molecule has 0 rings (SSSR count). The zero-order chi connectivity index (χ0) is 14.3. The molecule has 104 valence electrons. The Morgan fingerprint density at radius 3 is 2.06 bits per heavy atom. The first-order valence-electron chi connectivity index (χ1n) is 5.89. The van der Waals surface area contributed by atoms with E-state index in [4.69, 9.17) is 14.9 Å². The van der Waals surface area contributed by atoms with Gasteiger partial charge in [0.25, 0.3) is 0 Å². The number of carboxylic acid groups (broad SMARTS) is 2. The fraction of sp³-hybridized carbons (Fsp3) is 0.750. The summed E-state index contributed by atoms with van der Waals surface area (Å²) in [5, 5.41) is 18.3. The van der Waals surface area contributed by atoms with Crippen molar-refractivity contribution in [3.63, 3.8) is 0 Å². The van der Waals surface area contributed by atoms with E-state index in [1.54, 1.807) is 13.8 Å². The Morgan fingerprint density at radius 1 is 1.22 bits per heavy atom. The molecule has 0 aromatic heterocycles. The molecule has 18 heavy (non-hydrogen) atoms. The van der Waals surface area contributed by atoms with E-state index in [2.05, 4.69) is 0 Å². The third kappa shape index (κ3) is 3.72. The summed E-state index contributed by atoms with van der Waals surface area (Å²) in [4.78, 5) is 33.0. The Hall–Kier alpha value is -1.59. The van der Waals surface area contributed by atoms with E-state index in [1.165, 1.54) is 6.92 Å². The summed E-state index contributed by atoms with van der Waals surface area (Å²) in [7, 11) is 0. The summed E-state index contributed by atoms with van der Waals surface area (Å²) in [5.41, 5.74) is -1.77. The second-order valence-corrected chi connectivity index (χ2v) is 4.32. The Bertz CT molecular complexity index is 309. The fourth-order valence-electron chi connectivity index (χ4n) is 2.02. The molecule has 0 amide bonds. The minimum Gasteiger partial charge on any atom is -0.480 e. The minimum absolute atomic E-state index is 0.0202. The number of esters is 1. The summed E-state index contributed by atoms with van der Waals surface area (Å²) in [6, 6.07) is 0. The lowest BCUT2D eigenvalue weighted by Gasteiger charge is -2.29. The quantitative estimate of drug-likeness (QED) is 0.390. The monoisotopic (exact) mass is 260 g/mol. The third-order valence-corrected chi connectivity index (χ3v) is 3.25. The maximum Gasteiger partial charge on any atom is 0.321 e. The number of hydrogen-bond acceptors (Lipinski definition) is 4. The molecular weight excluding hydrogens is 240 g/mol. The van der Waals surface area contributed by atoms with Gasteiger partial charge in [0.1, 0.15) is 0 Å². The van der Waals surface area contributed by atoms with Crippen molar-refractivity contribution in [3.8, 4) is 0 Å². The first kappa shape index (κ1) is 16.4. The lowest BCUT2D eigenvalue weighted by molar-refractivity contribution is -0.169. The number of ether oxygens (including phenoxy) is 1. The highest BCUT2D eigenvalue weighted by atomic mass is 16.5. The van der Waals surface area contributed by atoms with Crippen LogP contribution >= 0.6 is 0 Å². The van der Waals surface area contributed by atoms with Crippen molar-refractivity contribution in [2.45, 2.75) is 40.0 Å². The molecule has 2 N–H and O–H groups in total. The number of hydrogen-bond donors (Lipinski definition) is 2. The molecule has 6 nitrogen and oxygen atoms in total. The Balaban J connectivity index is 4.58. The number of carbonyl (C=O) groups excluding carboxylic acids is 1. The largest absolute Gasteiger partial charge is 0.480 e. The third-order valence-electron chi connectivity index (χ3n) is 3.25. The summed E-state index contributed by atoms with van der Waals surface area (Å²) in [5.74, 6) is -3.58. The van der Waals surface area contributed by atoms with Crippen molar-refractivity contribution in [2.24, 2.45) is 11.3 Å². The second kappa shape index (κ2) is 6.98. The minimum atomic E-state index is -1.77. The van der Waals surface area contributed by atoms with Crippen LogP contribution in [0.25, 0.3) is 0 Å². The van der Waals surface area contributed by atoms with E-state index in [0.29, 0.717) is 12.8 Å². The Kier molecular flexibility index (Phi) is 6.36. The van der Waals surface area contributed by atoms with Crippen molar-refractivity contribution < 1.29 is 29.3 Å². The van der Waals surface area contributed by atoms with Crippen molar-refractivity contribution in [2.75, 3.05) is 6.61 Å². The first-order chi connectivity index (χ1) is 8.28. The Labute approximate surface area is 106 Å². The molecule has 0 saturated heterocycles. The molecule has 0 aliphatic carbocycles. The van der Waals surface area contributed by atoms with Crippen molar-refractivity contribution in [3.05, 3.63) is 0 Å². The molecule has 6 heteroatoms. The number of aliphatic carboxylic acids is 2. The van der Waals surface area contributed by atoms with Gasteiger partial charge in [0.2, 0.25) is 0 Å². The molecule has 0 radical (unpaired) electrons. The molecule has 0 spiro atoms. The normalized spacial score (nSPS) is 12.8. The molecule has 0 aliphatic heterocycles. The van der Waals surface area contributed by atoms with Crippen LogP contribution < -0.4 is 0 Å². The van der Waals surface area contributed by atoms with Crippen LogP contribution in [0.15, 0.2) is 0 Å². The van der Waals surface area contributed by atoms with Crippen LogP contribution in [-0.2, 0) is 19.1 Å². The van der Waals surface area contributed by atoms with Crippen LogP contribution in [0.5, 0.6) is 0 Å². The lowest BCUT2D eigenvalue weighted by atomic mass is 9.72. The van der Waals surface area contributed by atoms with Crippen molar-refractivity contribution in [1.29, 1.82) is 0 Å². The van der Waals surface area contributed by atoms with Gasteiger partial charge in [-0.1, -0.05) is 13.8 Å². The van der Waals surface area contributed by atoms with Crippen LogP contribution in [0.4, 0.5) is 0 Å². The van der Waals surface area contributed by atoms with Gasteiger partial charge in [-0.25, -0.2) is 0 Å². The van der Waals surface area contributed by atoms with Crippen LogP contribution in [-0.4, -0.2) is 34.7 Å². The molecule has 0 heterocycles. The van der Waals surface area contributed by atoms with Gasteiger partial charge < -0.3 is 14.9 Å². The van der Waals surface area contributed by atoms with Gasteiger partial charge in [0, 0.05) is 6.92 Å². The SMILES string of the molecule is CCC(C(=O)O)(C(=O)O)C(C)CCCOC(C)=O. The summed E-state index contributed by atoms with van der Waals surface area (Å²) < 4.78 is 4.73. The van der Waals surface area contributed by atoms with E-state index >= 15 is 0 Å². The van der Waals surface area contributed by atoms with E-state index in [-0.39, 0.29) is 13.0 Å². The molecule has 1 atom stereocenters. The second-order valence-electron chi connectivity index (χ2n) is 4.32. The zero-order valence-corrected chi connectivity index (χ0v) is 10.9. The molecule has 0 fully saturated rings. The maximum atomic E-state index is 11.2. The Morgan fingerprint density at radius 2 is 1.72 bits per heavy atom. The molecule has 0 aromatic carbocycles. The maximum absolute atomic E-state index is 11.2. The number of carbonyl (C=O) groups is 3. The van der Waals surface area contributed by atoms with E-state index in [9.17, 15) is 14.4 Å². The molecule has 1 unspecified atom stereocenters. The number of rotatable bonds is 8. The van der Waals surface area contributed by atoms with Gasteiger partial charge in [-0.2, -0.15) is 0 Å². The van der Waals surface area contributed by atoms with E-state index in [1.807, 2.05) is 0 Å². The lowest BCUT2D eigenvalue weighted by Crippen LogP contribution is -2.44. The highest BCUT2D eigenvalue weighted by molar-refractivity contribution is 5.98. The smallest absolute Gasteiger partial charge is 0.321 e. The average Bonchev–Trinajstić information content (AvgIpc) is 2.24. The molecule has 0 aliphatic rings. The zero-order valence-electron chi connectivity index (χ0n) is 10.9. The fourth-order valence-corrected chi connectivity index (χ4v) is 2.02. The van der Waals surface area contributed by atoms with Crippen LogP contribution in [0.1, 0.15) is 40.0 Å². The predicted octanol–water partition coefficient (Wildman–Crippen LogP) is 1.53. The van der Waals surface area contributed by atoms with Gasteiger partial charge in [-0.3, -0.25) is 14.4 Å². The molecule has 0 bridgehead atoms. The van der Waals surface area contributed by atoms with Gasteiger partial charge in [0.05, 0.1) is 6.61 Å². The first-order valence-corrected chi connectivity index (χ1v) is 5.89. The molecule has 0 aromatic rings. The summed E-state index contributed by atoms with van der Waals surface area (Å²) in [6.45, 7) is 4.61. The van der Waals surface area contributed by atoms with Crippen molar-refractivity contribution in [1.82, 2.24) is 0 Å². The number of carboxylic acids is 2. The molecule has 0 saturated carbocycles. The molecular formula is C12H20O6. The standard InChI is InChI=1S/C12H20O6/c1-4-12(10(14)15,11(16)17)8(2)6-5-7-18-9(3)13/h8H,4-7H2,1-3H3,(H,14,15)(H,16,17). The summed E-state index contributed by atoms with van der Waals surface area (Å²) in [6.07, 6.45) is 0.842. The summed E-state index contributed by atoms with van der Waals surface area (Å²) >= 11 is 0. The average molecular weight is 260 g/mol. The highest BCUT2D eigenvalue weighted by Gasteiger charge is 2.49. The van der Waals surface area contributed by atoms with Gasteiger partial charge in [0.15, 0.2) is 5.41 Å². The van der Waals surface area contributed by atoms with E-state index < -0.39 is 29.2 Å².